The minimum Gasteiger partial charge on any atom is -0.459 e. The number of rotatable bonds is 8. The average Bonchev–Trinajstić information content (AvgIpc) is 3.62. The highest BCUT2D eigenvalue weighted by Gasteiger charge is 2.50. The fraction of sp³-hybridized carbons (Fsp3) is 0.161. The Balaban J connectivity index is 1.28. The molecule has 11 nitrogen and oxygen atoms in total. The molecule has 5 aromatic rings. The molecule has 12 heteroatoms. The summed E-state index contributed by atoms with van der Waals surface area (Å²) in [6.45, 7) is -0.440. The van der Waals surface area contributed by atoms with Gasteiger partial charge in [-0.1, -0.05) is 54.6 Å². The average molecular weight is 582 g/mol. The summed E-state index contributed by atoms with van der Waals surface area (Å²) in [5.74, 6) is -1.71. The number of imidazole rings is 1. The Morgan fingerprint density at radius 3 is 2.07 bits per heavy atom. The van der Waals surface area contributed by atoms with Crippen molar-refractivity contribution in [1.82, 2.24) is 19.5 Å². The second-order valence-corrected chi connectivity index (χ2v) is 9.58. The largest absolute Gasteiger partial charge is 0.459 e. The third-order valence-electron chi connectivity index (χ3n) is 6.81. The lowest BCUT2D eigenvalue weighted by atomic mass is 10.1. The van der Waals surface area contributed by atoms with Crippen LogP contribution in [0.5, 0.6) is 0 Å². The van der Waals surface area contributed by atoms with Crippen LogP contribution in [0.15, 0.2) is 104 Å². The van der Waals surface area contributed by atoms with Gasteiger partial charge in [-0.3, -0.25) is 9.36 Å². The van der Waals surface area contributed by atoms with Crippen molar-refractivity contribution in [2.75, 3.05) is 11.9 Å². The van der Waals surface area contributed by atoms with Crippen molar-refractivity contribution in [3.05, 3.63) is 120 Å². The summed E-state index contributed by atoms with van der Waals surface area (Å²) in [6, 6.07) is 24.9. The maximum Gasteiger partial charge on any atom is 0.338 e. The summed E-state index contributed by atoms with van der Waals surface area (Å²) in [5, 5.41) is 2.71. The van der Waals surface area contributed by atoms with E-state index in [1.165, 1.54) is 17.2 Å². The summed E-state index contributed by atoms with van der Waals surface area (Å²) in [7, 11) is 0. The van der Waals surface area contributed by atoms with Crippen LogP contribution in [0.3, 0.4) is 0 Å². The molecule has 1 aliphatic rings. The molecule has 0 radical (unpaired) electrons. The van der Waals surface area contributed by atoms with Gasteiger partial charge in [0.15, 0.2) is 35.5 Å². The molecule has 0 unspecified atom stereocenters. The molecular weight excluding hydrogens is 557 g/mol. The number of carbonyl (C=O) groups excluding carboxylic acids is 3. The van der Waals surface area contributed by atoms with Crippen molar-refractivity contribution in [3.63, 3.8) is 0 Å². The number of benzene rings is 3. The van der Waals surface area contributed by atoms with Crippen LogP contribution in [0.4, 0.5) is 10.2 Å². The maximum atomic E-state index is 15.9. The monoisotopic (exact) mass is 581 g/mol. The van der Waals surface area contributed by atoms with Gasteiger partial charge < -0.3 is 19.5 Å². The highest BCUT2D eigenvalue weighted by Crippen LogP contribution is 2.36. The Bertz CT molecular complexity index is 1750. The van der Waals surface area contributed by atoms with E-state index in [2.05, 4.69) is 20.3 Å². The molecule has 1 fully saturated rings. The molecule has 0 aliphatic carbocycles. The third kappa shape index (κ3) is 5.81. The Hall–Kier alpha value is -5.49. The first-order valence-corrected chi connectivity index (χ1v) is 13.3. The van der Waals surface area contributed by atoms with Crippen LogP contribution >= 0.6 is 0 Å². The minimum atomic E-state index is -1.88. The van der Waals surface area contributed by atoms with Crippen molar-refractivity contribution in [3.8, 4) is 0 Å². The van der Waals surface area contributed by atoms with Crippen LogP contribution in [0.2, 0.25) is 0 Å². The van der Waals surface area contributed by atoms with Gasteiger partial charge in [0.1, 0.15) is 19.0 Å². The molecule has 1 N–H and O–H groups in total. The number of nitrogens with one attached hydrogen (secondary N) is 1. The second-order valence-electron chi connectivity index (χ2n) is 9.58. The maximum absolute atomic E-state index is 15.9. The standard InChI is InChI=1S/C31H24FN5O6/c32-23-22(16-41-30(39)20-12-6-2-7-13-20)42-29(25(23)43-31(40)21-14-8-3-9-15-21)37-18-35-24-26(33-17-34-27(24)37)36-28(38)19-10-4-1-5-11-19/h1-15,17-18,22-23,25,29H,16H2,(H,33,34,36,38)/t22-,23-,25-,29-/m1/s1. The van der Waals surface area contributed by atoms with E-state index in [9.17, 15) is 14.4 Å². The van der Waals surface area contributed by atoms with E-state index in [-0.39, 0.29) is 22.5 Å². The van der Waals surface area contributed by atoms with Crippen LogP contribution in [0.25, 0.3) is 11.2 Å². The topological polar surface area (TPSA) is 135 Å². The molecule has 0 spiro atoms. The lowest BCUT2D eigenvalue weighted by Gasteiger charge is -2.21. The van der Waals surface area contributed by atoms with Crippen molar-refractivity contribution in [1.29, 1.82) is 0 Å². The predicted octanol–water partition coefficient (Wildman–Crippen LogP) is 4.40. The number of halogens is 1. The molecule has 3 aromatic carbocycles. The minimum absolute atomic E-state index is 0.124. The highest BCUT2D eigenvalue weighted by molar-refractivity contribution is 6.06. The number of amides is 1. The van der Waals surface area contributed by atoms with Crippen LogP contribution < -0.4 is 5.32 Å². The van der Waals surface area contributed by atoms with Gasteiger partial charge in [0.25, 0.3) is 5.91 Å². The molecule has 1 saturated heterocycles. The Kier molecular flexibility index (Phi) is 7.83. The molecule has 1 aliphatic heterocycles. The number of ether oxygens (including phenoxy) is 3. The summed E-state index contributed by atoms with van der Waals surface area (Å²) >= 11 is 0. The fourth-order valence-electron chi connectivity index (χ4n) is 4.66. The number of hydrogen-bond donors (Lipinski definition) is 1. The van der Waals surface area contributed by atoms with E-state index in [1.54, 1.807) is 91.0 Å². The zero-order valence-electron chi connectivity index (χ0n) is 22.4. The Morgan fingerprint density at radius 1 is 0.814 bits per heavy atom. The molecule has 43 heavy (non-hydrogen) atoms. The molecule has 4 atom stereocenters. The van der Waals surface area contributed by atoms with Crippen LogP contribution in [-0.2, 0) is 14.2 Å². The predicted molar refractivity (Wildman–Crippen MR) is 151 cm³/mol. The number of alkyl halides is 1. The van der Waals surface area contributed by atoms with Crippen molar-refractivity contribution < 1.29 is 33.0 Å². The molecule has 6 rings (SSSR count). The molecule has 2 aromatic heterocycles. The zero-order chi connectivity index (χ0) is 29.8. The fourth-order valence-corrected chi connectivity index (χ4v) is 4.66. The van der Waals surface area contributed by atoms with Gasteiger partial charge in [0, 0.05) is 5.56 Å². The van der Waals surface area contributed by atoms with E-state index in [0.29, 0.717) is 11.1 Å². The van der Waals surface area contributed by atoms with Crippen LogP contribution in [0, 0.1) is 0 Å². The zero-order valence-corrected chi connectivity index (χ0v) is 22.4. The van der Waals surface area contributed by atoms with Gasteiger partial charge >= 0.3 is 11.9 Å². The summed E-state index contributed by atoms with van der Waals surface area (Å²) in [5.41, 5.74) is 1.32. The van der Waals surface area contributed by atoms with Crippen LogP contribution in [0.1, 0.15) is 37.3 Å². The molecule has 3 heterocycles. The lowest BCUT2D eigenvalue weighted by Crippen LogP contribution is -2.34. The number of fused-ring (bicyclic) bond motifs is 1. The summed E-state index contributed by atoms with van der Waals surface area (Å²) in [6.07, 6.45) is -3.30. The van der Waals surface area contributed by atoms with Crippen molar-refractivity contribution >= 4 is 34.8 Å². The van der Waals surface area contributed by atoms with E-state index in [1.807, 2.05) is 0 Å². The Morgan fingerprint density at radius 2 is 1.42 bits per heavy atom. The van der Waals surface area contributed by atoms with Gasteiger partial charge in [-0.2, -0.15) is 0 Å². The van der Waals surface area contributed by atoms with E-state index < -0.39 is 49.1 Å². The van der Waals surface area contributed by atoms with Gasteiger partial charge in [0.05, 0.1) is 17.5 Å². The second kappa shape index (κ2) is 12.2. The number of esters is 2. The summed E-state index contributed by atoms with van der Waals surface area (Å²) in [4.78, 5) is 51.0. The van der Waals surface area contributed by atoms with Crippen LogP contribution in [-0.4, -0.2) is 62.4 Å². The quantitative estimate of drug-likeness (QED) is 0.265. The lowest BCUT2D eigenvalue weighted by molar-refractivity contribution is -0.0596. The van der Waals surface area contributed by atoms with Gasteiger partial charge in [0.2, 0.25) is 0 Å². The molecule has 216 valence electrons. The number of anilines is 1. The molecule has 0 saturated carbocycles. The van der Waals surface area contributed by atoms with Gasteiger partial charge in [-0.05, 0) is 36.4 Å². The smallest absolute Gasteiger partial charge is 0.338 e. The van der Waals surface area contributed by atoms with Gasteiger partial charge in [-0.25, -0.2) is 28.9 Å². The first kappa shape index (κ1) is 27.7. The molecule has 0 bridgehead atoms. The molecule has 1 amide bonds. The van der Waals surface area contributed by atoms with E-state index >= 15 is 4.39 Å². The number of nitrogens with zero attached hydrogens (tertiary/aromatic N) is 4. The Labute approximate surface area is 244 Å². The van der Waals surface area contributed by atoms with Gasteiger partial charge in [-0.15, -0.1) is 0 Å². The normalized spacial score (nSPS) is 19.6. The van der Waals surface area contributed by atoms with E-state index in [4.69, 9.17) is 14.2 Å². The number of hydrogen-bond acceptors (Lipinski definition) is 9. The van der Waals surface area contributed by atoms with Crippen molar-refractivity contribution in [2.24, 2.45) is 0 Å². The highest BCUT2D eigenvalue weighted by atomic mass is 19.1. The van der Waals surface area contributed by atoms with Crippen molar-refractivity contribution in [2.45, 2.75) is 24.6 Å². The van der Waals surface area contributed by atoms with E-state index in [0.717, 1.165) is 0 Å². The SMILES string of the molecule is O=C(Nc1ncnc2c1ncn2[C@@H]1O[C@H](COC(=O)c2ccccc2)[C@@H](F)[C@H]1OC(=O)c1ccccc1)c1ccccc1. The first-order chi connectivity index (χ1) is 21.0. The number of aromatic nitrogens is 4. The number of carbonyl (C=O) groups is 3. The molecular formula is C31H24FN5O6. The third-order valence-corrected chi connectivity index (χ3v) is 6.81. The first-order valence-electron chi connectivity index (χ1n) is 13.3. The summed E-state index contributed by atoms with van der Waals surface area (Å²) < 4.78 is 34.3.